The maximum absolute atomic E-state index is 12.3. The number of anilines is 1. The van der Waals surface area contributed by atoms with Gasteiger partial charge in [0, 0.05) is 18.5 Å². The highest BCUT2D eigenvalue weighted by atomic mass is 19.4. The summed E-state index contributed by atoms with van der Waals surface area (Å²) in [4.78, 5) is 12.2. The van der Waals surface area contributed by atoms with Crippen molar-refractivity contribution < 1.29 is 18.0 Å². The van der Waals surface area contributed by atoms with E-state index in [2.05, 4.69) is 17.6 Å². The van der Waals surface area contributed by atoms with Crippen LogP contribution in [0.15, 0.2) is 24.3 Å². The molecule has 0 saturated carbocycles. The first kappa shape index (κ1) is 18.8. The van der Waals surface area contributed by atoms with E-state index >= 15 is 0 Å². The third-order valence-electron chi connectivity index (χ3n) is 4.60. The second kappa shape index (κ2) is 8.51. The van der Waals surface area contributed by atoms with Gasteiger partial charge in [-0.2, -0.15) is 13.2 Å². The number of piperidine rings is 1. The van der Waals surface area contributed by atoms with Gasteiger partial charge in [0.1, 0.15) is 0 Å². The lowest BCUT2D eigenvalue weighted by Gasteiger charge is -2.27. The molecule has 0 radical (unpaired) electrons. The molecule has 1 fully saturated rings. The molecule has 1 atom stereocenters. The van der Waals surface area contributed by atoms with Crippen LogP contribution in [-0.2, 0) is 11.2 Å². The third-order valence-corrected chi connectivity index (χ3v) is 4.60. The quantitative estimate of drug-likeness (QED) is 0.815. The fourth-order valence-corrected chi connectivity index (χ4v) is 3.18. The molecule has 0 bridgehead atoms. The first-order valence-corrected chi connectivity index (χ1v) is 8.50. The predicted octanol–water partition coefficient (Wildman–Crippen LogP) is 4.15. The Kier molecular flexibility index (Phi) is 6.66. The SMILES string of the molecule is CC(CC(=O)Nc1cccc(CCC(F)(F)F)c1)C1CCNCC1. The Morgan fingerprint density at radius 1 is 1.33 bits per heavy atom. The van der Waals surface area contributed by atoms with Gasteiger partial charge in [-0.3, -0.25) is 4.79 Å². The maximum Gasteiger partial charge on any atom is 0.389 e. The van der Waals surface area contributed by atoms with Crippen molar-refractivity contribution in [3.05, 3.63) is 29.8 Å². The fraction of sp³-hybridized carbons (Fsp3) is 0.611. The maximum atomic E-state index is 12.3. The molecule has 0 spiro atoms. The van der Waals surface area contributed by atoms with Crippen LogP contribution in [0.2, 0.25) is 0 Å². The minimum absolute atomic E-state index is 0.0707. The molecular weight excluding hydrogens is 317 g/mol. The van der Waals surface area contributed by atoms with Crippen molar-refractivity contribution in [3.8, 4) is 0 Å². The molecule has 1 aromatic carbocycles. The molecule has 6 heteroatoms. The van der Waals surface area contributed by atoms with Gasteiger partial charge >= 0.3 is 6.18 Å². The number of alkyl halides is 3. The number of carbonyl (C=O) groups excluding carboxylic acids is 1. The van der Waals surface area contributed by atoms with Crippen molar-refractivity contribution in [3.63, 3.8) is 0 Å². The number of aryl methyl sites for hydroxylation is 1. The first-order chi connectivity index (χ1) is 11.3. The molecular formula is C18H25F3N2O. The zero-order chi connectivity index (χ0) is 17.6. The lowest BCUT2D eigenvalue weighted by Crippen LogP contribution is -2.32. The largest absolute Gasteiger partial charge is 0.389 e. The Morgan fingerprint density at radius 3 is 2.71 bits per heavy atom. The molecule has 24 heavy (non-hydrogen) atoms. The summed E-state index contributed by atoms with van der Waals surface area (Å²) in [6.07, 6.45) is -2.47. The second-order valence-corrected chi connectivity index (χ2v) is 6.63. The Labute approximate surface area is 141 Å². The van der Waals surface area contributed by atoms with Crippen molar-refractivity contribution in [1.29, 1.82) is 0 Å². The van der Waals surface area contributed by atoms with Crippen LogP contribution in [-0.4, -0.2) is 25.2 Å². The Balaban J connectivity index is 1.84. The van der Waals surface area contributed by atoms with Gasteiger partial charge in [-0.1, -0.05) is 19.1 Å². The lowest BCUT2D eigenvalue weighted by molar-refractivity contribution is -0.134. The summed E-state index contributed by atoms with van der Waals surface area (Å²) in [5.41, 5.74) is 1.15. The van der Waals surface area contributed by atoms with Crippen LogP contribution in [0.4, 0.5) is 18.9 Å². The van der Waals surface area contributed by atoms with Crippen molar-refractivity contribution in [2.24, 2.45) is 11.8 Å². The highest BCUT2D eigenvalue weighted by Crippen LogP contribution is 2.25. The van der Waals surface area contributed by atoms with Crippen molar-refractivity contribution >= 4 is 11.6 Å². The molecule has 3 nitrogen and oxygen atoms in total. The number of halogens is 3. The summed E-state index contributed by atoms with van der Waals surface area (Å²) in [5.74, 6) is 0.782. The number of amides is 1. The van der Waals surface area contributed by atoms with Crippen LogP contribution < -0.4 is 10.6 Å². The monoisotopic (exact) mass is 342 g/mol. The van der Waals surface area contributed by atoms with Crippen LogP contribution in [0.3, 0.4) is 0 Å². The summed E-state index contributed by atoms with van der Waals surface area (Å²) in [5, 5.41) is 6.12. The van der Waals surface area contributed by atoms with E-state index in [-0.39, 0.29) is 12.3 Å². The Morgan fingerprint density at radius 2 is 2.04 bits per heavy atom. The third kappa shape index (κ3) is 6.51. The predicted molar refractivity (Wildman–Crippen MR) is 88.8 cm³/mol. The lowest BCUT2D eigenvalue weighted by atomic mass is 9.84. The van der Waals surface area contributed by atoms with Gasteiger partial charge in [-0.25, -0.2) is 0 Å². The van der Waals surface area contributed by atoms with Crippen LogP contribution >= 0.6 is 0 Å². The minimum Gasteiger partial charge on any atom is -0.326 e. The van der Waals surface area contributed by atoms with E-state index < -0.39 is 12.6 Å². The normalized spacial score (nSPS) is 17.5. The van der Waals surface area contributed by atoms with Crippen molar-refractivity contribution in [2.45, 2.75) is 45.2 Å². The summed E-state index contributed by atoms with van der Waals surface area (Å²) in [6, 6.07) is 6.67. The van der Waals surface area contributed by atoms with Crippen molar-refractivity contribution in [2.75, 3.05) is 18.4 Å². The molecule has 1 saturated heterocycles. The van der Waals surface area contributed by atoms with Gasteiger partial charge in [0.15, 0.2) is 0 Å². The summed E-state index contributed by atoms with van der Waals surface area (Å²) >= 11 is 0. The summed E-state index contributed by atoms with van der Waals surface area (Å²) in [7, 11) is 0. The van der Waals surface area contributed by atoms with Crippen molar-refractivity contribution in [1.82, 2.24) is 5.32 Å². The highest BCUT2D eigenvalue weighted by Gasteiger charge is 2.26. The molecule has 1 amide bonds. The van der Waals surface area contributed by atoms with E-state index in [1.54, 1.807) is 24.3 Å². The number of nitrogens with one attached hydrogen (secondary N) is 2. The van der Waals surface area contributed by atoms with Gasteiger partial charge in [0.2, 0.25) is 5.91 Å². The van der Waals surface area contributed by atoms with E-state index in [4.69, 9.17) is 0 Å². The average molecular weight is 342 g/mol. The molecule has 1 unspecified atom stereocenters. The molecule has 1 aliphatic rings. The standard InChI is InChI=1S/C18H25F3N2O/c1-13(15-6-9-22-10-7-15)11-17(24)23-16-4-2-3-14(12-16)5-8-18(19,20)21/h2-4,12-13,15,22H,5-11H2,1H3,(H,23,24). The molecule has 134 valence electrons. The van der Waals surface area contributed by atoms with E-state index in [1.807, 2.05) is 0 Å². The van der Waals surface area contributed by atoms with Gasteiger partial charge < -0.3 is 10.6 Å². The molecule has 0 aliphatic carbocycles. The number of hydrogen-bond donors (Lipinski definition) is 2. The zero-order valence-corrected chi connectivity index (χ0v) is 14.0. The van der Waals surface area contributed by atoms with E-state index in [1.165, 1.54) is 0 Å². The Hall–Kier alpha value is -1.56. The summed E-state index contributed by atoms with van der Waals surface area (Å²) in [6.45, 7) is 4.09. The van der Waals surface area contributed by atoms with Gasteiger partial charge in [-0.05, 0) is 61.9 Å². The number of rotatable bonds is 6. The topological polar surface area (TPSA) is 41.1 Å². The van der Waals surface area contributed by atoms with E-state index in [0.29, 0.717) is 29.5 Å². The van der Waals surface area contributed by atoms with Gasteiger partial charge in [0.05, 0.1) is 0 Å². The zero-order valence-electron chi connectivity index (χ0n) is 14.0. The molecule has 1 heterocycles. The minimum atomic E-state index is -4.16. The summed E-state index contributed by atoms with van der Waals surface area (Å²) < 4.78 is 36.9. The molecule has 2 rings (SSSR count). The van der Waals surface area contributed by atoms with Gasteiger partial charge in [-0.15, -0.1) is 0 Å². The molecule has 1 aliphatic heterocycles. The number of benzene rings is 1. The number of carbonyl (C=O) groups is 1. The fourth-order valence-electron chi connectivity index (χ4n) is 3.18. The first-order valence-electron chi connectivity index (χ1n) is 8.50. The van der Waals surface area contributed by atoms with Gasteiger partial charge in [0.25, 0.3) is 0 Å². The van der Waals surface area contributed by atoms with Crippen LogP contribution in [0.5, 0.6) is 0 Å². The number of hydrogen-bond acceptors (Lipinski definition) is 2. The second-order valence-electron chi connectivity index (χ2n) is 6.63. The molecule has 0 aromatic heterocycles. The highest BCUT2D eigenvalue weighted by molar-refractivity contribution is 5.90. The van der Waals surface area contributed by atoms with Crippen LogP contribution in [0.25, 0.3) is 0 Å². The smallest absolute Gasteiger partial charge is 0.326 e. The van der Waals surface area contributed by atoms with E-state index in [9.17, 15) is 18.0 Å². The molecule has 2 N–H and O–H groups in total. The van der Waals surface area contributed by atoms with Crippen LogP contribution in [0.1, 0.15) is 38.2 Å². The molecule has 1 aromatic rings. The Bertz CT molecular complexity index is 539. The average Bonchev–Trinajstić information content (AvgIpc) is 2.53. The van der Waals surface area contributed by atoms with E-state index in [0.717, 1.165) is 25.9 Å². The van der Waals surface area contributed by atoms with Crippen LogP contribution in [0, 0.1) is 11.8 Å².